The van der Waals surface area contributed by atoms with Gasteiger partial charge in [0.2, 0.25) is 5.91 Å². The summed E-state index contributed by atoms with van der Waals surface area (Å²) in [7, 11) is 1.41. The smallest absolute Gasteiger partial charge is 0.326 e. The van der Waals surface area contributed by atoms with Crippen molar-refractivity contribution in [1.82, 2.24) is 4.98 Å². The number of carbonyl (C=O) groups excluding carboxylic acids is 2. The van der Waals surface area contributed by atoms with Crippen molar-refractivity contribution in [3.8, 4) is 0 Å². The van der Waals surface area contributed by atoms with Crippen LogP contribution < -0.4 is 4.90 Å². The molecule has 0 aliphatic heterocycles. The van der Waals surface area contributed by atoms with Crippen LogP contribution in [0.4, 0.5) is 5.69 Å². The number of pyridine rings is 1. The Labute approximate surface area is 164 Å². The van der Waals surface area contributed by atoms with Gasteiger partial charge in [0.25, 0.3) is 0 Å². The molecular weight excluding hydrogens is 360 g/mol. The highest BCUT2D eigenvalue weighted by Crippen LogP contribution is 2.66. The Morgan fingerprint density at radius 1 is 1.14 bits per heavy atom. The minimum absolute atomic E-state index is 0.184. The molecule has 1 amide bonds. The molecule has 4 saturated carbocycles. The van der Waals surface area contributed by atoms with E-state index in [0.717, 1.165) is 32.1 Å². The molecule has 3 atom stereocenters. The van der Waals surface area contributed by atoms with Crippen LogP contribution in [0.3, 0.4) is 0 Å². The van der Waals surface area contributed by atoms with Crippen molar-refractivity contribution < 1.29 is 24.2 Å². The van der Waals surface area contributed by atoms with Crippen LogP contribution in [0.15, 0.2) is 24.5 Å². The van der Waals surface area contributed by atoms with Gasteiger partial charge >= 0.3 is 11.9 Å². The summed E-state index contributed by atoms with van der Waals surface area (Å²) in [5.41, 5.74) is -0.784. The number of ether oxygens (including phenoxy) is 1. The third-order valence-electron chi connectivity index (χ3n) is 7.04. The number of amides is 1. The molecule has 7 heteroatoms. The molecule has 1 N–H and O–H groups in total. The van der Waals surface area contributed by atoms with Gasteiger partial charge in [0.05, 0.1) is 17.9 Å². The van der Waals surface area contributed by atoms with Gasteiger partial charge < -0.3 is 9.84 Å². The van der Waals surface area contributed by atoms with Gasteiger partial charge in [-0.3, -0.25) is 19.5 Å². The maximum atomic E-state index is 13.9. The Balaban J connectivity index is 1.74. The van der Waals surface area contributed by atoms with E-state index in [9.17, 15) is 19.5 Å². The van der Waals surface area contributed by atoms with Crippen LogP contribution in [0, 0.1) is 22.7 Å². The van der Waals surface area contributed by atoms with Crippen LogP contribution in [0.1, 0.15) is 45.4 Å². The number of methoxy groups -OCH3 is 1. The molecule has 4 bridgehead atoms. The first-order valence-electron chi connectivity index (χ1n) is 9.85. The summed E-state index contributed by atoms with van der Waals surface area (Å²) in [4.78, 5) is 43.7. The minimum Gasteiger partial charge on any atom is -0.480 e. The summed E-state index contributed by atoms with van der Waals surface area (Å²) < 4.78 is 5.12. The lowest BCUT2D eigenvalue weighted by molar-refractivity contribution is -0.181. The Morgan fingerprint density at radius 3 is 2.25 bits per heavy atom. The normalized spacial score (nSPS) is 33.9. The molecule has 150 valence electrons. The first kappa shape index (κ1) is 18.9. The average Bonchev–Trinajstić information content (AvgIpc) is 2.67. The van der Waals surface area contributed by atoms with Crippen molar-refractivity contribution in [1.29, 1.82) is 0 Å². The van der Waals surface area contributed by atoms with Crippen molar-refractivity contribution in [2.75, 3.05) is 12.0 Å². The lowest BCUT2D eigenvalue weighted by Gasteiger charge is -2.60. The lowest BCUT2D eigenvalue weighted by Crippen LogP contribution is -2.62. The second kappa shape index (κ2) is 6.57. The third kappa shape index (κ3) is 2.79. The highest BCUT2D eigenvalue weighted by Gasteiger charge is 2.64. The Hall–Kier alpha value is -2.44. The molecule has 1 heterocycles. The van der Waals surface area contributed by atoms with Gasteiger partial charge in [-0.05, 0) is 69.4 Å². The zero-order valence-electron chi connectivity index (χ0n) is 16.3. The van der Waals surface area contributed by atoms with Crippen LogP contribution >= 0.6 is 0 Å². The standard InChI is InChI=1S/C21H26N2O5/c1-13(17(24)25)23(16-3-5-22-6-4-16)18(26)20-8-14-7-15(9-20)11-21(10-14,12-20)19(27)28-2/h3-6,13-15H,7-12H2,1-2H3,(H,24,25)/t13-,14?,15?,20?,21?/m0/s1. The van der Waals surface area contributed by atoms with Crippen LogP contribution in [0.2, 0.25) is 0 Å². The molecule has 0 radical (unpaired) electrons. The van der Waals surface area contributed by atoms with E-state index in [4.69, 9.17) is 4.74 Å². The van der Waals surface area contributed by atoms with Crippen molar-refractivity contribution in [2.24, 2.45) is 22.7 Å². The van der Waals surface area contributed by atoms with Gasteiger partial charge in [-0.1, -0.05) is 0 Å². The molecule has 4 aliphatic rings. The summed E-state index contributed by atoms with van der Waals surface area (Å²) in [5, 5.41) is 9.64. The quantitative estimate of drug-likeness (QED) is 0.782. The number of carboxylic acid groups (broad SMARTS) is 1. The highest BCUT2D eigenvalue weighted by atomic mass is 16.5. The number of aliphatic carboxylic acids is 1. The minimum atomic E-state index is -1.06. The number of esters is 1. The van der Waals surface area contributed by atoms with E-state index in [2.05, 4.69) is 4.98 Å². The predicted octanol–water partition coefficient (Wildman–Crippen LogP) is 2.65. The number of aromatic nitrogens is 1. The molecule has 2 unspecified atom stereocenters. The van der Waals surface area contributed by atoms with E-state index in [0.29, 0.717) is 23.9 Å². The number of hydrogen-bond donors (Lipinski definition) is 1. The molecule has 1 aromatic heterocycles. The van der Waals surface area contributed by atoms with Gasteiger partial charge in [-0.2, -0.15) is 0 Å². The molecule has 0 spiro atoms. The summed E-state index contributed by atoms with van der Waals surface area (Å²) in [6, 6.07) is 2.32. The second-order valence-corrected chi connectivity index (χ2v) is 8.91. The fraction of sp³-hybridized carbons (Fsp3) is 0.619. The average molecular weight is 386 g/mol. The largest absolute Gasteiger partial charge is 0.480 e. The van der Waals surface area contributed by atoms with Crippen molar-refractivity contribution in [3.63, 3.8) is 0 Å². The van der Waals surface area contributed by atoms with Gasteiger partial charge in [-0.25, -0.2) is 4.79 Å². The highest BCUT2D eigenvalue weighted by molar-refractivity contribution is 6.02. The number of carbonyl (C=O) groups is 3. The van der Waals surface area contributed by atoms with Crippen LogP contribution in [0.5, 0.6) is 0 Å². The van der Waals surface area contributed by atoms with E-state index < -0.39 is 22.8 Å². The van der Waals surface area contributed by atoms with E-state index in [1.807, 2.05) is 0 Å². The molecule has 28 heavy (non-hydrogen) atoms. The van der Waals surface area contributed by atoms with Crippen LogP contribution in [0.25, 0.3) is 0 Å². The summed E-state index contributed by atoms with van der Waals surface area (Å²) in [5.74, 6) is -0.846. The summed E-state index contributed by atoms with van der Waals surface area (Å²) in [6.45, 7) is 1.53. The molecule has 5 rings (SSSR count). The van der Waals surface area contributed by atoms with Crippen LogP contribution in [-0.2, 0) is 19.1 Å². The Bertz CT molecular complexity index is 794. The van der Waals surface area contributed by atoms with Gasteiger partial charge in [-0.15, -0.1) is 0 Å². The maximum Gasteiger partial charge on any atom is 0.326 e. The summed E-state index contributed by atoms with van der Waals surface area (Å²) >= 11 is 0. The number of rotatable bonds is 5. The zero-order valence-corrected chi connectivity index (χ0v) is 16.3. The van der Waals surface area contributed by atoms with E-state index >= 15 is 0 Å². The van der Waals surface area contributed by atoms with Crippen molar-refractivity contribution in [3.05, 3.63) is 24.5 Å². The molecule has 0 saturated heterocycles. The second-order valence-electron chi connectivity index (χ2n) is 8.91. The number of hydrogen-bond acceptors (Lipinski definition) is 5. The Morgan fingerprint density at radius 2 is 1.71 bits per heavy atom. The summed E-state index contributed by atoms with van der Waals surface area (Å²) in [6.07, 6.45) is 7.58. The topological polar surface area (TPSA) is 96.8 Å². The fourth-order valence-corrected chi connectivity index (χ4v) is 6.36. The van der Waals surface area contributed by atoms with Crippen LogP contribution in [-0.4, -0.2) is 41.1 Å². The fourth-order valence-electron chi connectivity index (χ4n) is 6.36. The lowest BCUT2D eigenvalue weighted by atomic mass is 9.44. The number of nitrogens with zero attached hydrogens (tertiary/aromatic N) is 2. The molecular formula is C21H26N2O5. The van der Waals surface area contributed by atoms with E-state index in [-0.39, 0.29) is 11.9 Å². The van der Waals surface area contributed by atoms with E-state index in [1.54, 1.807) is 24.5 Å². The maximum absolute atomic E-state index is 13.9. The van der Waals surface area contributed by atoms with E-state index in [1.165, 1.54) is 18.9 Å². The molecule has 7 nitrogen and oxygen atoms in total. The number of anilines is 1. The molecule has 4 fully saturated rings. The van der Waals surface area contributed by atoms with Gasteiger partial charge in [0.15, 0.2) is 0 Å². The SMILES string of the molecule is COC(=O)C12CC3CC(C1)CC(C(=O)N(c1ccncc1)[C@@H](C)C(=O)O)(C3)C2. The third-order valence-corrected chi connectivity index (χ3v) is 7.04. The molecule has 1 aromatic rings. The molecule has 4 aliphatic carbocycles. The first-order chi connectivity index (χ1) is 13.3. The zero-order chi connectivity index (χ0) is 20.1. The monoisotopic (exact) mass is 386 g/mol. The Kier molecular flexibility index (Phi) is 4.43. The predicted molar refractivity (Wildman–Crippen MR) is 100 cm³/mol. The first-order valence-corrected chi connectivity index (χ1v) is 9.85. The van der Waals surface area contributed by atoms with Crippen molar-refractivity contribution >= 4 is 23.5 Å². The van der Waals surface area contributed by atoms with Gasteiger partial charge in [0, 0.05) is 18.1 Å². The van der Waals surface area contributed by atoms with Gasteiger partial charge in [0.1, 0.15) is 6.04 Å². The van der Waals surface area contributed by atoms with Crippen molar-refractivity contribution in [2.45, 2.75) is 51.5 Å². The number of carboxylic acids is 1. The molecule has 0 aromatic carbocycles.